The van der Waals surface area contributed by atoms with Gasteiger partial charge in [0.15, 0.2) is 0 Å². The molecule has 0 atom stereocenters. The average molecular weight is 365 g/mol. The van der Waals surface area contributed by atoms with Gasteiger partial charge < -0.3 is 4.74 Å². The summed E-state index contributed by atoms with van der Waals surface area (Å²) in [7, 11) is 0. The van der Waals surface area contributed by atoms with Crippen molar-refractivity contribution in [3.8, 4) is 17.1 Å². The summed E-state index contributed by atoms with van der Waals surface area (Å²) in [5.41, 5.74) is -0.105. The molecule has 2 aromatic carbocycles. The molecule has 0 aliphatic heterocycles. The summed E-state index contributed by atoms with van der Waals surface area (Å²) in [5.74, 6) is -1.28. The highest BCUT2D eigenvalue weighted by Crippen LogP contribution is 2.30. The van der Waals surface area contributed by atoms with Crippen LogP contribution in [0, 0.1) is 11.6 Å². The van der Waals surface area contributed by atoms with Gasteiger partial charge >= 0.3 is 6.18 Å². The molecule has 0 radical (unpaired) electrons. The van der Waals surface area contributed by atoms with Crippen molar-refractivity contribution >= 4 is 0 Å². The number of nitrogens with zero attached hydrogens (tertiary/aromatic N) is 1. The van der Waals surface area contributed by atoms with Crippen molar-refractivity contribution in [3.05, 3.63) is 83.4 Å². The Morgan fingerprint density at radius 3 is 2.35 bits per heavy atom. The van der Waals surface area contributed by atoms with Crippen LogP contribution in [0.4, 0.5) is 22.0 Å². The monoisotopic (exact) mass is 365 g/mol. The molecule has 0 aliphatic rings. The number of benzene rings is 2. The molecule has 0 spiro atoms. The van der Waals surface area contributed by atoms with Gasteiger partial charge in [-0.05, 0) is 30.3 Å². The molecule has 0 aliphatic carbocycles. The molecule has 0 bridgehead atoms. The minimum Gasteiger partial charge on any atom is -0.473 e. The number of alkyl halides is 3. The number of ether oxygens (including phenoxy) is 1. The zero-order chi connectivity index (χ0) is 18.7. The molecule has 1 aromatic heterocycles. The zero-order valence-corrected chi connectivity index (χ0v) is 13.2. The number of halogens is 5. The van der Waals surface area contributed by atoms with Crippen LogP contribution in [-0.4, -0.2) is 4.98 Å². The molecular formula is C19H12F5NO. The van der Waals surface area contributed by atoms with E-state index >= 15 is 0 Å². The lowest BCUT2D eigenvalue weighted by molar-refractivity contribution is -0.137. The van der Waals surface area contributed by atoms with E-state index in [0.717, 1.165) is 12.1 Å². The molecule has 0 N–H and O–H groups in total. The number of hydrogen-bond donors (Lipinski definition) is 0. The molecule has 0 fully saturated rings. The molecule has 0 saturated heterocycles. The predicted molar refractivity (Wildman–Crippen MR) is 85.4 cm³/mol. The first kappa shape index (κ1) is 17.8. The van der Waals surface area contributed by atoms with E-state index in [2.05, 4.69) is 4.98 Å². The smallest absolute Gasteiger partial charge is 0.416 e. The predicted octanol–water partition coefficient (Wildman–Crippen LogP) is 5.62. The summed E-state index contributed by atoms with van der Waals surface area (Å²) in [5, 5.41) is 0. The van der Waals surface area contributed by atoms with E-state index in [1.807, 2.05) is 0 Å². The van der Waals surface area contributed by atoms with Crippen molar-refractivity contribution in [1.82, 2.24) is 4.98 Å². The topological polar surface area (TPSA) is 22.1 Å². The van der Waals surface area contributed by atoms with Gasteiger partial charge in [-0.2, -0.15) is 13.2 Å². The van der Waals surface area contributed by atoms with Gasteiger partial charge in [0.2, 0.25) is 5.88 Å². The molecule has 0 saturated carbocycles. The summed E-state index contributed by atoms with van der Waals surface area (Å²) in [4.78, 5) is 4.19. The number of hydrogen-bond acceptors (Lipinski definition) is 2. The Morgan fingerprint density at radius 2 is 1.65 bits per heavy atom. The second-order valence-electron chi connectivity index (χ2n) is 5.46. The van der Waals surface area contributed by atoms with E-state index in [0.29, 0.717) is 17.3 Å². The Bertz CT molecular complexity index is 924. The van der Waals surface area contributed by atoms with Gasteiger partial charge in [0.05, 0.1) is 11.3 Å². The van der Waals surface area contributed by atoms with Gasteiger partial charge in [-0.3, -0.25) is 0 Å². The van der Waals surface area contributed by atoms with Crippen LogP contribution in [0.25, 0.3) is 11.3 Å². The second kappa shape index (κ2) is 7.11. The van der Waals surface area contributed by atoms with Crippen LogP contribution in [0.15, 0.2) is 60.7 Å². The van der Waals surface area contributed by atoms with E-state index in [-0.39, 0.29) is 18.1 Å². The maximum Gasteiger partial charge on any atom is 0.416 e. The Morgan fingerprint density at radius 1 is 0.885 bits per heavy atom. The fourth-order valence-electron chi connectivity index (χ4n) is 2.30. The van der Waals surface area contributed by atoms with Gasteiger partial charge in [0.25, 0.3) is 0 Å². The molecule has 3 aromatic rings. The molecular weight excluding hydrogens is 353 g/mol. The largest absolute Gasteiger partial charge is 0.473 e. The quantitative estimate of drug-likeness (QED) is 0.560. The molecule has 134 valence electrons. The van der Waals surface area contributed by atoms with Gasteiger partial charge in [-0.15, -0.1) is 0 Å². The SMILES string of the molecule is Fc1cccc(-c2cccc(OCc3ccc(C(F)(F)F)cc3F)n2)c1. The summed E-state index contributed by atoms with van der Waals surface area (Å²) < 4.78 is 70.1. The van der Waals surface area contributed by atoms with E-state index in [9.17, 15) is 22.0 Å². The van der Waals surface area contributed by atoms with E-state index in [4.69, 9.17) is 4.74 Å². The fraction of sp³-hybridized carbons (Fsp3) is 0.105. The maximum absolute atomic E-state index is 13.8. The van der Waals surface area contributed by atoms with Crippen molar-refractivity contribution < 1.29 is 26.7 Å². The Labute approximate surface area is 145 Å². The minimum absolute atomic E-state index is 0.0315. The highest BCUT2D eigenvalue weighted by atomic mass is 19.4. The third kappa shape index (κ3) is 4.17. The number of rotatable bonds is 4. The molecule has 7 heteroatoms. The van der Waals surface area contributed by atoms with Crippen LogP contribution in [0.5, 0.6) is 5.88 Å². The first-order valence-corrected chi connectivity index (χ1v) is 7.54. The standard InChI is InChI=1S/C19H12F5NO/c20-15-4-1-3-12(9-15)17-5-2-6-18(25-17)26-11-13-7-8-14(10-16(13)21)19(22,23)24/h1-10H,11H2. The van der Waals surface area contributed by atoms with Gasteiger partial charge in [0.1, 0.15) is 18.2 Å². The van der Waals surface area contributed by atoms with Crippen LogP contribution >= 0.6 is 0 Å². The summed E-state index contributed by atoms with van der Waals surface area (Å²) in [6.45, 7) is -0.288. The van der Waals surface area contributed by atoms with Crippen molar-refractivity contribution in [1.29, 1.82) is 0 Å². The van der Waals surface area contributed by atoms with Crippen LogP contribution in [-0.2, 0) is 12.8 Å². The lowest BCUT2D eigenvalue weighted by atomic mass is 10.1. The van der Waals surface area contributed by atoms with Crippen molar-refractivity contribution in [2.75, 3.05) is 0 Å². The maximum atomic E-state index is 13.8. The Kier molecular flexibility index (Phi) is 4.88. The Hall–Kier alpha value is -2.96. The highest BCUT2D eigenvalue weighted by Gasteiger charge is 2.31. The van der Waals surface area contributed by atoms with Gasteiger partial charge in [0, 0.05) is 17.2 Å². The first-order valence-electron chi connectivity index (χ1n) is 7.54. The van der Waals surface area contributed by atoms with Crippen LogP contribution in [0.2, 0.25) is 0 Å². The lowest BCUT2D eigenvalue weighted by Gasteiger charge is -2.10. The average Bonchev–Trinajstić information content (AvgIpc) is 2.60. The third-order valence-corrected chi connectivity index (χ3v) is 3.60. The summed E-state index contributed by atoms with van der Waals surface area (Å²) in [6.07, 6.45) is -4.61. The van der Waals surface area contributed by atoms with E-state index in [1.54, 1.807) is 18.2 Å². The lowest BCUT2D eigenvalue weighted by Crippen LogP contribution is -2.07. The van der Waals surface area contributed by atoms with Gasteiger partial charge in [-0.1, -0.05) is 24.3 Å². The van der Waals surface area contributed by atoms with Crippen LogP contribution < -0.4 is 4.74 Å². The van der Waals surface area contributed by atoms with Crippen molar-refractivity contribution in [3.63, 3.8) is 0 Å². The number of pyridine rings is 1. The molecule has 2 nitrogen and oxygen atoms in total. The van der Waals surface area contributed by atoms with Crippen molar-refractivity contribution in [2.24, 2.45) is 0 Å². The first-order chi connectivity index (χ1) is 12.3. The second-order valence-corrected chi connectivity index (χ2v) is 5.46. The normalized spacial score (nSPS) is 11.4. The molecule has 3 rings (SSSR count). The number of aromatic nitrogens is 1. The molecule has 26 heavy (non-hydrogen) atoms. The zero-order valence-electron chi connectivity index (χ0n) is 13.2. The fourth-order valence-corrected chi connectivity index (χ4v) is 2.30. The van der Waals surface area contributed by atoms with Crippen LogP contribution in [0.1, 0.15) is 11.1 Å². The third-order valence-electron chi connectivity index (χ3n) is 3.60. The molecule has 0 unspecified atom stereocenters. The minimum atomic E-state index is -4.61. The van der Waals surface area contributed by atoms with Crippen molar-refractivity contribution in [2.45, 2.75) is 12.8 Å². The molecule has 0 amide bonds. The summed E-state index contributed by atoms with van der Waals surface area (Å²) in [6, 6.07) is 12.9. The van der Waals surface area contributed by atoms with E-state index < -0.39 is 23.4 Å². The Balaban J connectivity index is 1.75. The highest BCUT2D eigenvalue weighted by molar-refractivity contribution is 5.59. The summed E-state index contributed by atoms with van der Waals surface area (Å²) >= 11 is 0. The van der Waals surface area contributed by atoms with E-state index in [1.165, 1.54) is 24.3 Å². The van der Waals surface area contributed by atoms with Gasteiger partial charge in [-0.25, -0.2) is 13.8 Å². The molecule has 1 heterocycles. The van der Waals surface area contributed by atoms with Crippen LogP contribution in [0.3, 0.4) is 0 Å².